The second kappa shape index (κ2) is 17.5. The van der Waals surface area contributed by atoms with Gasteiger partial charge in [-0.15, -0.1) is 0 Å². The highest BCUT2D eigenvalue weighted by Gasteiger charge is 2.33. The predicted molar refractivity (Wildman–Crippen MR) is 363 cm³/mol. The van der Waals surface area contributed by atoms with Crippen LogP contribution >= 0.6 is 0 Å². The second-order valence-electron chi connectivity index (χ2n) is 27.4. The summed E-state index contributed by atoms with van der Waals surface area (Å²) in [5, 5.41) is 18.4. The number of rotatable bonds is 8. The highest BCUT2D eigenvalue weighted by molar-refractivity contribution is 6.92. The summed E-state index contributed by atoms with van der Waals surface area (Å²) >= 11 is 0. The average molecular weight is 1100 g/mol. The number of nitrogens with zero attached hydrogens (tertiary/aromatic N) is 4. The first-order valence-corrected chi connectivity index (χ1v) is 36.4. The molecule has 0 aliphatic heterocycles. The van der Waals surface area contributed by atoms with Crippen molar-refractivity contribution in [1.29, 1.82) is 0 Å². The molecule has 82 heavy (non-hydrogen) atoms. The fraction of sp³-hybridized carbons (Fsp3) is 0.184. The van der Waals surface area contributed by atoms with Gasteiger partial charge in [-0.2, -0.15) is 0 Å². The van der Waals surface area contributed by atoms with Crippen LogP contribution in [0.1, 0.15) is 52.7 Å². The van der Waals surface area contributed by atoms with E-state index in [4.69, 9.17) is 0 Å². The SMILES string of the molecule is CC(C)(C)c1ccc(N(c2ccc3ccccc3c2[Si](C)(C)C)c2ccc3c4cc5c(cc4n4c6ccccc6c2c34)c2ccc(N(c3ccc(C(C)(C)C)cc3)c3ccc4ccccc4c3[Si](C)(C)C)c3c4ccccc4n5c23)cc1. The third-order valence-electron chi connectivity index (χ3n) is 18.0. The molecule has 4 aromatic heterocycles. The number of para-hydroxylation sites is 2. The monoisotopic (exact) mass is 1090 g/mol. The van der Waals surface area contributed by atoms with E-state index in [0.29, 0.717) is 0 Å². The van der Waals surface area contributed by atoms with Crippen LogP contribution in [0.15, 0.2) is 206 Å². The molecule has 4 heterocycles. The van der Waals surface area contributed by atoms with Crippen LogP contribution in [-0.4, -0.2) is 24.9 Å². The maximum absolute atomic E-state index is 2.61. The van der Waals surface area contributed by atoms with E-state index < -0.39 is 16.1 Å². The smallest absolute Gasteiger partial charge is 0.0811 e. The number of fused-ring (bicyclic) bond motifs is 14. The predicted octanol–water partition coefficient (Wildman–Crippen LogP) is 20.9. The van der Waals surface area contributed by atoms with Gasteiger partial charge in [0.05, 0.1) is 60.6 Å². The van der Waals surface area contributed by atoms with Gasteiger partial charge in [-0.25, -0.2) is 0 Å². The fourth-order valence-electron chi connectivity index (χ4n) is 14.3. The van der Waals surface area contributed by atoms with Crippen LogP contribution in [0.3, 0.4) is 0 Å². The first-order chi connectivity index (χ1) is 39.3. The van der Waals surface area contributed by atoms with Crippen LogP contribution in [-0.2, 0) is 10.8 Å². The van der Waals surface area contributed by atoms with E-state index in [9.17, 15) is 0 Å². The van der Waals surface area contributed by atoms with E-state index in [2.05, 4.69) is 306 Å². The Balaban J connectivity index is 1.02. The molecule has 0 N–H and O–H groups in total. The minimum atomic E-state index is -1.98. The molecule has 15 rings (SSSR count). The molecular formula is C76H70N4Si2. The van der Waals surface area contributed by atoms with Crippen LogP contribution in [0.4, 0.5) is 34.1 Å². The van der Waals surface area contributed by atoms with Crippen molar-refractivity contribution in [3.8, 4) is 0 Å². The molecule has 0 radical (unpaired) electrons. The molecule has 4 nitrogen and oxygen atoms in total. The topological polar surface area (TPSA) is 15.3 Å². The van der Waals surface area contributed by atoms with E-state index in [-0.39, 0.29) is 10.8 Å². The van der Waals surface area contributed by atoms with Gasteiger partial charge in [0, 0.05) is 65.8 Å². The summed E-state index contributed by atoms with van der Waals surface area (Å²) in [4.78, 5) is 5.21. The Kier molecular flexibility index (Phi) is 10.8. The third kappa shape index (κ3) is 7.39. The molecule has 0 atom stereocenters. The van der Waals surface area contributed by atoms with Crippen LogP contribution in [0.5, 0.6) is 0 Å². The summed E-state index contributed by atoms with van der Waals surface area (Å²) in [6, 6.07) is 79.4. The maximum atomic E-state index is 2.61. The summed E-state index contributed by atoms with van der Waals surface area (Å²) < 4.78 is 5.19. The standard InChI is InChI=1S/C76H70N4Si2/c1-75(2,3)49-31-35-51(36-32-49)77(65-41-29-47-21-13-15-23-53(47)73(65)81(7,8)9)63-43-39-55-59-45-68-60(46-67(59)79-61-27-19-17-25-57(61)69(63)71(55)79)56-40-44-64(70-58-26-18-20-28-62(58)80(68)72(56)70)78(52-37-33-50(34-38-52)76(4,5)6)66-42-30-48-22-14-16-24-54(48)74(66)82(10,11)12/h13-46H,1-12H3. The van der Waals surface area contributed by atoms with E-state index >= 15 is 0 Å². The average Bonchev–Trinajstić information content (AvgIpc) is 1.66. The Morgan fingerprint density at radius 1 is 0.305 bits per heavy atom. The first-order valence-electron chi connectivity index (χ1n) is 29.4. The Labute approximate surface area is 483 Å². The molecule has 0 aliphatic carbocycles. The quantitative estimate of drug-likeness (QED) is 0.141. The third-order valence-corrected chi connectivity index (χ3v) is 22.1. The molecule has 0 fully saturated rings. The molecule has 0 saturated heterocycles. The molecule has 11 aromatic carbocycles. The highest BCUT2D eigenvalue weighted by Crippen LogP contribution is 2.52. The molecule has 0 saturated carbocycles. The van der Waals surface area contributed by atoms with Crippen LogP contribution in [0.2, 0.25) is 39.3 Å². The lowest BCUT2D eigenvalue weighted by Crippen LogP contribution is -2.41. The lowest BCUT2D eigenvalue weighted by molar-refractivity contribution is 0.590. The second-order valence-corrected chi connectivity index (χ2v) is 37.4. The summed E-state index contributed by atoms with van der Waals surface area (Å²) in [5.74, 6) is 0. The first kappa shape index (κ1) is 50.5. The summed E-state index contributed by atoms with van der Waals surface area (Å²) in [5.41, 5.74) is 17.4. The zero-order valence-electron chi connectivity index (χ0n) is 49.4. The number of benzene rings is 11. The molecule has 15 aromatic rings. The summed E-state index contributed by atoms with van der Waals surface area (Å²) in [6.07, 6.45) is 0. The summed E-state index contributed by atoms with van der Waals surface area (Å²) in [6.45, 7) is 28.9. The van der Waals surface area contributed by atoms with Crippen molar-refractivity contribution in [2.24, 2.45) is 0 Å². The van der Waals surface area contributed by atoms with Gasteiger partial charge >= 0.3 is 0 Å². The van der Waals surface area contributed by atoms with Gasteiger partial charge < -0.3 is 18.6 Å². The molecule has 0 spiro atoms. The van der Waals surface area contributed by atoms with Crippen LogP contribution in [0.25, 0.3) is 97.7 Å². The van der Waals surface area contributed by atoms with Gasteiger partial charge in [0.2, 0.25) is 0 Å². The maximum Gasteiger partial charge on any atom is 0.0811 e. The molecule has 0 aliphatic rings. The van der Waals surface area contributed by atoms with Gasteiger partial charge in [0.15, 0.2) is 0 Å². The normalized spacial score (nSPS) is 13.1. The Morgan fingerprint density at radius 2 is 0.646 bits per heavy atom. The minimum absolute atomic E-state index is 0.0268. The zero-order valence-corrected chi connectivity index (χ0v) is 51.4. The van der Waals surface area contributed by atoms with Crippen molar-refractivity contribution in [2.45, 2.75) is 91.7 Å². The Morgan fingerprint density at radius 3 is 1.01 bits per heavy atom. The molecule has 0 amide bonds. The van der Waals surface area contributed by atoms with E-state index in [1.54, 1.807) is 0 Å². The lowest BCUT2D eigenvalue weighted by Gasteiger charge is -2.33. The van der Waals surface area contributed by atoms with Gasteiger partial charge in [-0.3, -0.25) is 0 Å². The lowest BCUT2D eigenvalue weighted by atomic mass is 9.87. The van der Waals surface area contributed by atoms with E-state index in [1.807, 2.05) is 0 Å². The number of hydrogen-bond donors (Lipinski definition) is 0. The van der Waals surface area contributed by atoms with Crippen molar-refractivity contribution in [3.05, 3.63) is 217 Å². The van der Waals surface area contributed by atoms with Crippen molar-refractivity contribution in [3.63, 3.8) is 0 Å². The van der Waals surface area contributed by atoms with Crippen molar-refractivity contribution < 1.29 is 0 Å². The zero-order chi connectivity index (χ0) is 56.5. The molecule has 0 unspecified atom stereocenters. The van der Waals surface area contributed by atoms with Crippen molar-refractivity contribution >= 4 is 158 Å². The van der Waals surface area contributed by atoms with Gasteiger partial charge in [0.25, 0.3) is 0 Å². The Bertz CT molecular complexity index is 4750. The largest absolute Gasteiger partial charge is 0.310 e. The fourth-order valence-corrected chi connectivity index (χ4v) is 18.3. The molecule has 0 bridgehead atoms. The van der Waals surface area contributed by atoms with Crippen LogP contribution in [0, 0.1) is 0 Å². The number of aromatic nitrogens is 2. The van der Waals surface area contributed by atoms with Gasteiger partial charge in [-0.1, -0.05) is 214 Å². The number of anilines is 6. The van der Waals surface area contributed by atoms with Gasteiger partial charge in [-0.05, 0) is 127 Å². The van der Waals surface area contributed by atoms with E-state index in [0.717, 1.165) is 0 Å². The van der Waals surface area contributed by atoms with Crippen molar-refractivity contribution in [1.82, 2.24) is 8.80 Å². The van der Waals surface area contributed by atoms with Gasteiger partial charge in [0.1, 0.15) is 0 Å². The number of hydrogen-bond acceptors (Lipinski definition) is 2. The minimum Gasteiger partial charge on any atom is -0.310 e. The van der Waals surface area contributed by atoms with E-state index in [1.165, 1.54) is 153 Å². The molecular weight excluding hydrogens is 1030 g/mol. The molecule has 6 heteroatoms. The Hall–Kier alpha value is -8.43. The summed E-state index contributed by atoms with van der Waals surface area (Å²) in [7, 11) is -3.95. The van der Waals surface area contributed by atoms with Crippen molar-refractivity contribution in [2.75, 3.05) is 9.80 Å². The molecule has 402 valence electrons. The highest BCUT2D eigenvalue weighted by atomic mass is 28.3. The van der Waals surface area contributed by atoms with Crippen LogP contribution < -0.4 is 20.2 Å².